The molecule has 1 aliphatic heterocycles. The van der Waals surface area contributed by atoms with E-state index in [-0.39, 0.29) is 6.61 Å². The van der Waals surface area contributed by atoms with E-state index in [4.69, 9.17) is 9.47 Å². The fourth-order valence-corrected chi connectivity index (χ4v) is 3.10. The third-order valence-corrected chi connectivity index (χ3v) is 4.48. The van der Waals surface area contributed by atoms with Crippen molar-refractivity contribution in [3.05, 3.63) is 46.9 Å². The van der Waals surface area contributed by atoms with E-state index in [0.717, 1.165) is 41.1 Å². The number of aliphatic hydroxyl groups excluding tert-OH is 1. The van der Waals surface area contributed by atoms with Crippen molar-refractivity contribution in [2.45, 2.75) is 32.9 Å². The smallest absolute Gasteiger partial charge is 0.220 e. The minimum Gasteiger partial charge on any atom is -0.491 e. The summed E-state index contributed by atoms with van der Waals surface area (Å²) in [5.74, 6) is 1.45. The Morgan fingerprint density at radius 2 is 2.12 bits per heavy atom. The van der Waals surface area contributed by atoms with Gasteiger partial charge in [0.15, 0.2) is 0 Å². The highest BCUT2D eigenvalue weighted by atomic mass is 16.5. The van der Waals surface area contributed by atoms with Gasteiger partial charge in [0.1, 0.15) is 24.8 Å². The molecule has 1 aromatic carbocycles. The second-order valence-corrected chi connectivity index (χ2v) is 6.53. The molecular formula is C19H25N3O3. The summed E-state index contributed by atoms with van der Waals surface area (Å²) in [4.78, 5) is 10.7. The Bertz CT molecular complexity index is 722. The van der Waals surface area contributed by atoms with Crippen LogP contribution in [0.2, 0.25) is 0 Å². The van der Waals surface area contributed by atoms with Gasteiger partial charge in [-0.25, -0.2) is 9.97 Å². The topological polar surface area (TPSA) is 67.7 Å². The van der Waals surface area contributed by atoms with Gasteiger partial charge in [0.25, 0.3) is 0 Å². The van der Waals surface area contributed by atoms with E-state index in [0.29, 0.717) is 19.0 Å². The summed E-state index contributed by atoms with van der Waals surface area (Å²) in [6.45, 7) is 6.39. The number of aromatic nitrogens is 2. The fourth-order valence-electron chi connectivity index (χ4n) is 3.10. The van der Waals surface area contributed by atoms with E-state index in [1.807, 2.05) is 26.0 Å². The highest BCUT2D eigenvalue weighted by Crippen LogP contribution is 2.24. The van der Waals surface area contributed by atoms with Crippen molar-refractivity contribution in [1.29, 1.82) is 0 Å². The fraction of sp³-hybridized carbons (Fsp3) is 0.474. The second kappa shape index (κ2) is 7.80. The van der Waals surface area contributed by atoms with Crippen LogP contribution >= 0.6 is 0 Å². The zero-order valence-electron chi connectivity index (χ0n) is 15.0. The number of aryl methyl sites for hydroxylation is 2. The molecule has 6 nitrogen and oxygen atoms in total. The first-order valence-corrected chi connectivity index (χ1v) is 8.54. The number of methoxy groups -OCH3 is 1. The number of fused-ring (bicyclic) bond motifs is 1. The molecule has 3 rings (SSSR count). The summed E-state index contributed by atoms with van der Waals surface area (Å²) in [6.07, 6.45) is 1.82. The lowest BCUT2D eigenvalue weighted by Crippen LogP contribution is -2.39. The number of ether oxygens (including phenoxy) is 2. The molecule has 1 aromatic heterocycles. The molecule has 1 N–H and O–H groups in total. The minimum absolute atomic E-state index is 0.274. The Hall–Kier alpha value is -2.18. The average Bonchev–Trinajstić information content (AvgIpc) is 2.62. The molecule has 0 amide bonds. The third kappa shape index (κ3) is 4.27. The van der Waals surface area contributed by atoms with E-state index < -0.39 is 6.10 Å². The molecule has 25 heavy (non-hydrogen) atoms. The van der Waals surface area contributed by atoms with Crippen molar-refractivity contribution < 1.29 is 14.6 Å². The molecule has 0 saturated heterocycles. The van der Waals surface area contributed by atoms with Gasteiger partial charge < -0.3 is 14.6 Å². The SMILES string of the molecule is COc1ncnc2c1CN(CC(O)COc1cc(C)ccc1C)CC2. The maximum Gasteiger partial charge on any atom is 0.220 e. The van der Waals surface area contributed by atoms with Crippen LogP contribution in [0, 0.1) is 13.8 Å². The van der Waals surface area contributed by atoms with Gasteiger partial charge in [-0.05, 0) is 31.0 Å². The molecule has 134 valence electrons. The molecule has 0 radical (unpaired) electrons. The quantitative estimate of drug-likeness (QED) is 0.864. The van der Waals surface area contributed by atoms with Crippen LogP contribution in [0.15, 0.2) is 24.5 Å². The van der Waals surface area contributed by atoms with Gasteiger partial charge in [-0.15, -0.1) is 0 Å². The van der Waals surface area contributed by atoms with E-state index in [2.05, 4.69) is 20.9 Å². The predicted octanol–water partition coefficient (Wildman–Crippen LogP) is 1.90. The molecule has 1 unspecified atom stereocenters. The maximum absolute atomic E-state index is 10.4. The van der Waals surface area contributed by atoms with Crippen molar-refractivity contribution in [3.63, 3.8) is 0 Å². The van der Waals surface area contributed by atoms with Gasteiger partial charge in [0, 0.05) is 31.6 Å². The van der Waals surface area contributed by atoms with Crippen LogP contribution in [0.4, 0.5) is 0 Å². The number of rotatable bonds is 6. The normalized spacial score (nSPS) is 15.5. The highest BCUT2D eigenvalue weighted by molar-refractivity contribution is 5.36. The second-order valence-electron chi connectivity index (χ2n) is 6.53. The lowest BCUT2D eigenvalue weighted by atomic mass is 10.1. The maximum atomic E-state index is 10.4. The van der Waals surface area contributed by atoms with E-state index in [9.17, 15) is 5.11 Å². The van der Waals surface area contributed by atoms with Crippen molar-refractivity contribution >= 4 is 0 Å². The number of hydrogen-bond acceptors (Lipinski definition) is 6. The van der Waals surface area contributed by atoms with Crippen molar-refractivity contribution in [1.82, 2.24) is 14.9 Å². The summed E-state index contributed by atoms with van der Waals surface area (Å²) in [6, 6.07) is 6.09. The number of hydrogen-bond donors (Lipinski definition) is 1. The van der Waals surface area contributed by atoms with Crippen LogP contribution in [0.1, 0.15) is 22.4 Å². The average molecular weight is 343 g/mol. The molecule has 0 bridgehead atoms. The first-order chi connectivity index (χ1) is 12.1. The van der Waals surface area contributed by atoms with Gasteiger partial charge in [-0.1, -0.05) is 12.1 Å². The molecule has 6 heteroatoms. The number of β-amino-alcohol motifs (C(OH)–C–C–N with tert-alkyl or cyclic N) is 1. The lowest BCUT2D eigenvalue weighted by molar-refractivity contribution is 0.0628. The van der Waals surface area contributed by atoms with Crippen LogP contribution < -0.4 is 9.47 Å². The zero-order chi connectivity index (χ0) is 17.8. The Labute approximate surface area is 148 Å². The molecule has 1 aliphatic rings. The Balaban J connectivity index is 1.57. The van der Waals surface area contributed by atoms with Gasteiger partial charge in [-0.2, -0.15) is 0 Å². The van der Waals surface area contributed by atoms with Gasteiger partial charge in [0.05, 0.1) is 12.8 Å². The number of benzene rings is 1. The Kier molecular flexibility index (Phi) is 5.50. The zero-order valence-corrected chi connectivity index (χ0v) is 15.0. The largest absolute Gasteiger partial charge is 0.491 e. The van der Waals surface area contributed by atoms with E-state index in [1.54, 1.807) is 13.4 Å². The Morgan fingerprint density at radius 1 is 1.28 bits per heavy atom. The molecule has 1 atom stereocenters. The Morgan fingerprint density at radius 3 is 2.92 bits per heavy atom. The van der Waals surface area contributed by atoms with Crippen molar-refractivity contribution in [3.8, 4) is 11.6 Å². The first-order valence-electron chi connectivity index (χ1n) is 8.54. The molecule has 0 saturated carbocycles. The van der Waals surface area contributed by atoms with Crippen molar-refractivity contribution in [2.24, 2.45) is 0 Å². The first kappa shape index (κ1) is 17.6. The minimum atomic E-state index is -0.558. The van der Waals surface area contributed by atoms with E-state index >= 15 is 0 Å². The highest BCUT2D eigenvalue weighted by Gasteiger charge is 2.23. The molecule has 0 fully saturated rings. The molecule has 0 spiro atoms. The van der Waals surface area contributed by atoms with Gasteiger partial charge in [0.2, 0.25) is 5.88 Å². The van der Waals surface area contributed by atoms with Crippen LogP contribution in [0.5, 0.6) is 11.6 Å². The number of nitrogens with zero attached hydrogens (tertiary/aromatic N) is 3. The molecule has 0 aliphatic carbocycles. The van der Waals surface area contributed by atoms with Crippen LogP contribution in [0.3, 0.4) is 0 Å². The molecule has 2 heterocycles. The summed E-state index contributed by atoms with van der Waals surface area (Å²) in [5, 5.41) is 10.4. The predicted molar refractivity (Wildman–Crippen MR) is 95.0 cm³/mol. The standard InChI is InChI=1S/C19H25N3O3/c1-13-4-5-14(2)18(8-13)25-11-15(23)9-22-7-6-17-16(10-22)19(24-3)21-12-20-17/h4-5,8,12,15,23H,6-7,9-11H2,1-3H3. The lowest BCUT2D eigenvalue weighted by Gasteiger charge is -2.30. The molecule has 2 aromatic rings. The van der Waals surface area contributed by atoms with Gasteiger partial charge >= 0.3 is 0 Å². The van der Waals surface area contributed by atoms with Crippen molar-refractivity contribution in [2.75, 3.05) is 26.8 Å². The van der Waals surface area contributed by atoms with Crippen LogP contribution in [-0.4, -0.2) is 52.9 Å². The third-order valence-electron chi connectivity index (χ3n) is 4.48. The summed E-state index contributed by atoms with van der Waals surface area (Å²) < 4.78 is 11.1. The van der Waals surface area contributed by atoms with E-state index in [1.165, 1.54) is 0 Å². The molecular weight excluding hydrogens is 318 g/mol. The van der Waals surface area contributed by atoms with Crippen LogP contribution in [0.25, 0.3) is 0 Å². The summed E-state index contributed by atoms with van der Waals surface area (Å²) in [7, 11) is 1.62. The van der Waals surface area contributed by atoms with Crippen LogP contribution in [-0.2, 0) is 13.0 Å². The van der Waals surface area contributed by atoms with Gasteiger partial charge in [-0.3, -0.25) is 4.90 Å². The monoisotopic (exact) mass is 343 g/mol. The summed E-state index contributed by atoms with van der Waals surface area (Å²) in [5.41, 5.74) is 4.27. The summed E-state index contributed by atoms with van der Waals surface area (Å²) >= 11 is 0. The number of aliphatic hydroxyl groups is 1.